The lowest BCUT2D eigenvalue weighted by Crippen LogP contribution is -2.23. The maximum atomic E-state index is 13.7. The number of ether oxygens (including phenoxy) is 1. The lowest BCUT2D eigenvalue weighted by molar-refractivity contribution is 0.0766. The Balaban J connectivity index is 1.81. The lowest BCUT2D eigenvalue weighted by Gasteiger charge is -2.16. The number of halogens is 1. The molecule has 21 heavy (non-hydrogen) atoms. The summed E-state index contributed by atoms with van der Waals surface area (Å²) in [5.74, 6) is -0.306. The second kappa shape index (κ2) is 5.09. The number of anilines is 1. The number of rotatable bonds is 3. The van der Waals surface area contributed by atoms with E-state index in [0.717, 1.165) is 11.1 Å². The van der Waals surface area contributed by atoms with Crippen molar-refractivity contribution >= 4 is 11.6 Å². The highest BCUT2D eigenvalue weighted by atomic mass is 19.1. The molecular weight excluding hydrogens is 271 g/mol. The number of carbonyl (C=O) groups excluding carboxylic acids is 1. The van der Waals surface area contributed by atoms with Crippen LogP contribution >= 0.6 is 0 Å². The molecule has 1 heterocycles. The predicted octanol–water partition coefficient (Wildman–Crippen LogP) is 2.57. The number of amides is 1. The molecule has 5 heteroatoms. The fourth-order valence-corrected chi connectivity index (χ4v) is 2.54. The van der Waals surface area contributed by atoms with Gasteiger partial charge in [-0.15, -0.1) is 0 Å². The van der Waals surface area contributed by atoms with Gasteiger partial charge in [0, 0.05) is 24.3 Å². The number of nitrogens with two attached hydrogens (primary N) is 1. The predicted molar refractivity (Wildman–Crippen MR) is 77.4 cm³/mol. The molecule has 1 aliphatic rings. The van der Waals surface area contributed by atoms with E-state index in [1.54, 1.807) is 29.2 Å². The van der Waals surface area contributed by atoms with Crippen LogP contribution in [0.25, 0.3) is 0 Å². The quantitative estimate of drug-likeness (QED) is 0.882. The third kappa shape index (κ3) is 2.42. The summed E-state index contributed by atoms with van der Waals surface area (Å²) in [5.41, 5.74) is 8.58. The molecule has 4 nitrogen and oxygen atoms in total. The van der Waals surface area contributed by atoms with E-state index in [0.29, 0.717) is 24.3 Å². The highest BCUT2D eigenvalue weighted by Gasteiger charge is 2.27. The molecule has 108 valence electrons. The Labute approximate surface area is 121 Å². The Kier molecular flexibility index (Phi) is 3.25. The third-order valence-corrected chi connectivity index (χ3v) is 3.60. The maximum absolute atomic E-state index is 13.7. The van der Waals surface area contributed by atoms with E-state index in [1.807, 2.05) is 6.07 Å². The fraction of sp³-hybridized carbons (Fsp3) is 0.188. The topological polar surface area (TPSA) is 55.6 Å². The minimum atomic E-state index is -0.427. The molecule has 0 aromatic heterocycles. The van der Waals surface area contributed by atoms with Crippen LogP contribution in [0, 0.1) is 5.82 Å². The SMILES string of the molecule is COc1ccc(CN2Cc3ccc(N)cc3C2=O)cc1F. The standard InChI is InChI=1S/C16H15FN2O2/c1-21-15-5-2-10(6-14(15)17)8-19-9-11-3-4-12(18)7-13(11)16(19)20/h2-7H,8-9,18H2,1H3. The number of nitrogens with zero attached hydrogens (tertiary/aromatic N) is 1. The molecule has 0 aliphatic carbocycles. The Hall–Kier alpha value is -2.56. The summed E-state index contributed by atoms with van der Waals surface area (Å²) in [7, 11) is 1.42. The van der Waals surface area contributed by atoms with Gasteiger partial charge in [-0.25, -0.2) is 4.39 Å². The van der Waals surface area contributed by atoms with Crippen LogP contribution in [0.2, 0.25) is 0 Å². The van der Waals surface area contributed by atoms with E-state index in [4.69, 9.17) is 10.5 Å². The molecule has 0 saturated heterocycles. The number of benzene rings is 2. The molecule has 0 spiro atoms. The number of methoxy groups -OCH3 is 1. The van der Waals surface area contributed by atoms with Crippen LogP contribution in [-0.2, 0) is 13.1 Å². The Bertz CT molecular complexity index is 715. The van der Waals surface area contributed by atoms with Gasteiger partial charge < -0.3 is 15.4 Å². The largest absolute Gasteiger partial charge is 0.494 e. The van der Waals surface area contributed by atoms with E-state index in [2.05, 4.69) is 0 Å². The van der Waals surface area contributed by atoms with Gasteiger partial charge in [0.2, 0.25) is 0 Å². The van der Waals surface area contributed by atoms with Gasteiger partial charge in [-0.1, -0.05) is 12.1 Å². The highest BCUT2D eigenvalue weighted by molar-refractivity contribution is 5.99. The Morgan fingerprint density at radius 2 is 2.10 bits per heavy atom. The summed E-state index contributed by atoms with van der Waals surface area (Å²) >= 11 is 0. The van der Waals surface area contributed by atoms with Crippen molar-refractivity contribution in [1.29, 1.82) is 0 Å². The summed E-state index contributed by atoms with van der Waals surface area (Å²) in [5, 5.41) is 0. The molecule has 2 aromatic carbocycles. The monoisotopic (exact) mass is 286 g/mol. The second-order valence-electron chi connectivity index (χ2n) is 5.05. The van der Waals surface area contributed by atoms with Crippen molar-refractivity contribution in [2.75, 3.05) is 12.8 Å². The molecule has 2 N–H and O–H groups in total. The molecule has 1 aliphatic heterocycles. The van der Waals surface area contributed by atoms with E-state index >= 15 is 0 Å². The minimum Gasteiger partial charge on any atom is -0.494 e. The summed E-state index contributed by atoms with van der Waals surface area (Å²) in [6.07, 6.45) is 0. The number of hydrogen-bond donors (Lipinski definition) is 1. The van der Waals surface area contributed by atoms with Crippen molar-refractivity contribution in [2.45, 2.75) is 13.1 Å². The first kappa shape index (κ1) is 13.4. The van der Waals surface area contributed by atoms with Crippen LogP contribution in [0.1, 0.15) is 21.5 Å². The number of hydrogen-bond acceptors (Lipinski definition) is 3. The van der Waals surface area contributed by atoms with Crippen LogP contribution in [-0.4, -0.2) is 17.9 Å². The molecule has 0 bridgehead atoms. The first-order chi connectivity index (χ1) is 10.1. The van der Waals surface area contributed by atoms with Crippen LogP contribution in [0.4, 0.5) is 10.1 Å². The number of carbonyl (C=O) groups is 1. The van der Waals surface area contributed by atoms with Crippen molar-refractivity contribution < 1.29 is 13.9 Å². The molecule has 0 unspecified atom stereocenters. The average molecular weight is 286 g/mol. The van der Waals surface area contributed by atoms with Gasteiger partial charge in [0.1, 0.15) is 0 Å². The first-order valence-corrected chi connectivity index (χ1v) is 6.58. The lowest BCUT2D eigenvalue weighted by atomic mass is 10.1. The van der Waals surface area contributed by atoms with Crippen LogP contribution < -0.4 is 10.5 Å². The van der Waals surface area contributed by atoms with Gasteiger partial charge in [-0.05, 0) is 35.4 Å². The molecule has 3 rings (SSSR count). The molecule has 0 fully saturated rings. The van der Waals surface area contributed by atoms with Crippen molar-refractivity contribution in [3.63, 3.8) is 0 Å². The summed E-state index contributed by atoms with van der Waals surface area (Å²) in [4.78, 5) is 14.0. The zero-order valence-electron chi connectivity index (χ0n) is 11.6. The van der Waals surface area contributed by atoms with Crippen LogP contribution in [0.3, 0.4) is 0 Å². The fourth-order valence-electron chi connectivity index (χ4n) is 2.54. The molecule has 1 amide bonds. The number of nitrogen functional groups attached to an aromatic ring is 1. The van der Waals surface area contributed by atoms with Gasteiger partial charge in [0.15, 0.2) is 11.6 Å². The molecule has 2 aromatic rings. The molecule has 0 atom stereocenters. The summed E-state index contributed by atoms with van der Waals surface area (Å²) in [6.45, 7) is 0.871. The number of fused-ring (bicyclic) bond motifs is 1. The average Bonchev–Trinajstić information content (AvgIpc) is 2.76. The highest BCUT2D eigenvalue weighted by Crippen LogP contribution is 2.27. The maximum Gasteiger partial charge on any atom is 0.254 e. The van der Waals surface area contributed by atoms with E-state index in [9.17, 15) is 9.18 Å². The zero-order chi connectivity index (χ0) is 15.0. The minimum absolute atomic E-state index is 0.0754. The summed E-state index contributed by atoms with van der Waals surface area (Å²) < 4.78 is 18.6. The van der Waals surface area contributed by atoms with Crippen LogP contribution in [0.15, 0.2) is 36.4 Å². The normalized spacial score (nSPS) is 13.4. The van der Waals surface area contributed by atoms with Crippen molar-refractivity contribution in [2.24, 2.45) is 0 Å². The van der Waals surface area contributed by atoms with E-state index in [1.165, 1.54) is 13.2 Å². The van der Waals surface area contributed by atoms with Gasteiger partial charge in [0.25, 0.3) is 5.91 Å². The van der Waals surface area contributed by atoms with E-state index < -0.39 is 5.82 Å². The molecule has 0 saturated carbocycles. The van der Waals surface area contributed by atoms with Crippen molar-refractivity contribution in [3.05, 3.63) is 58.9 Å². The Morgan fingerprint density at radius 1 is 1.29 bits per heavy atom. The second-order valence-corrected chi connectivity index (χ2v) is 5.05. The Morgan fingerprint density at radius 3 is 2.81 bits per heavy atom. The van der Waals surface area contributed by atoms with Crippen molar-refractivity contribution in [3.8, 4) is 5.75 Å². The summed E-state index contributed by atoms with van der Waals surface area (Å²) in [6, 6.07) is 10.0. The molecule has 0 radical (unpaired) electrons. The van der Waals surface area contributed by atoms with Gasteiger partial charge in [-0.3, -0.25) is 4.79 Å². The van der Waals surface area contributed by atoms with Crippen LogP contribution in [0.5, 0.6) is 5.75 Å². The smallest absolute Gasteiger partial charge is 0.254 e. The first-order valence-electron chi connectivity index (χ1n) is 6.58. The van der Waals surface area contributed by atoms with Gasteiger partial charge in [0.05, 0.1) is 7.11 Å². The zero-order valence-corrected chi connectivity index (χ0v) is 11.6. The van der Waals surface area contributed by atoms with Gasteiger partial charge >= 0.3 is 0 Å². The van der Waals surface area contributed by atoms with Gasteiger partial charge in [-0.2, -0.15) is 0 Å². The van der Waals surface area contributed by atoms with Crippen molar-refractivity contribution in [1.82, 2.24) is 4.90 Å². The van der Waals surface area contributed by atoms with E-state index in [-0.39, 0.29) is 11.7 Å². The third-order valence-electron chi connectivity index (χ3n) is 3.60. The molecular formula is C16H15FN2O2.